The van der Waals surface area contributed by atoms with Crippen LogP contribution >= 0.6 is 11.8 Å². The minimum atomic E-state index is -0.227. The maximum atomic E-state index is 12.6. The molecule has 0 atom stereocenters. The number of H-pyrrole nitrogens is 1. The lowest BCUT2D eigenvalue weighted by Crippen LogP contribution is -2.35. The maximum absolute atomic E-state index is 12.6. The van der Waals surface area contributed by atoms with Gasteiger partial charge in [0, 0.05) is 31.7 Å². The van der Waals surface area contributed by atoms with E-state index in [0.29, 0.717) is 34.9 Å². The zero-order valence-corrected chi connectivity index (χ0v) is 17.6. The molecule has 2 heterocycles. The molecule has 0 fully saturated rings. The van der Waals surface area contributed by atoms with Crippen molar-refractivity contribution in [1.29, 1.82) is 5.26 Å². The Kier molecular flexibility index (Phi) is 6.46. The first kappa shape index (κ1) is 20.8. The van der Waals surface area contributed by atoms with E-state index in [1.54, 1.807) is 24.3 Å². The molecule has 1 aliphatic heterocycles. The fourth-order valence-corrected chi connectivity index (χ4v) is 4.18. The lowest BCUT2D eigenvalue weighted by atomic mass is 10.1. The van der Waals surface area contributed by atoms with Gasteiger partial charge >= 0.3 is 0 Å². The van der Waals surface area contributed by atoms with E-state index in [9.17, 15) is 9.59 Å². The Morgan fingerprint density at radius 1 is 1.23 bits per heavy atom. The summed E-state index contributed by atoms with van der Waals surface area (Å²) in [6.45, 7) is 2.19. The minimum absolute atomic E-state index is 0.110. The predicted octanol–water partition coefficient (Wildman–Crippen LogP) is 2.93. The van der Waals surface area contributed by atoms with Gasteiger partial charge in [-0.3, -0.25) is 14.5 Å². The van der Waals surface area contributed by atoms with Gasteiger partial charge in [-0.05, 0) is 23.8 Å². The molecule has 0 unspecified atom stereocenters. The highest BCUT2D eigenvalue weighted by Crippen LogP contribution is 2.20. The highest BCUT2D eigenvalue weighted by Gasteiger charge is 2.21. The van der Waals surface area contributed by atoms with E-state index in [1.165, 1.54) is 17.3 Å². The van der Waals surface area contributed by atoms with Crippen molar-refractivity contribution < 1.29 is 4.79 Å². The number of nitriles is 1. The lowest BCUT2D eigenvalue weighted by Gasteiger charge is -2.27. The molecule has 0 spiro atoms. The van der Waals surface area contributed by atoms with Crippen LogP contribution in [0.15, 0.2) is 64.5 Å². The topological polar surface area (TPSA) is 102 Å². The van der Waals surface area contributed by atoms with Crippen LogP contribution in [0, 0.1) is 11.3 Å². The van der Waals surface area contributed by atoms with Gasteiger partial charge in [0.1, 0.15) is 0 Å². The Morgan fingerprint density at radius 2 is 2.06 bits per heavy atom. The van der Waals surface area contributed by atoms with Crippen LogP contribution in [0.4, 0.5) is 5.69 Å². The number of benzene rings is 2. The number of fused-ring (bicyclic) bond motifs is 1. The molecule has 0 aliphatic carbocycles. The minimum Gasteiger partial charge on any atom is -0.325 e. The van der Waals surface area contributed by atoms with Crippen LogP contribution in [-0.4, -0.2) is 33.1 Å². The molecule has 31 heavy (non-hydrogen) atoms. The smallest absolute Gasteiger partial charge is 0.256 e. The molecule has 7 nitrogen and oxygen atoms in total. The number of carbonyl (C=O) groups is 1. The number of aromatic nitrogens is 2. The fraction of sp³-hybridized carbons (Fsp3) is 0.217. The molecule has 0 radical (unpaired) electrons. The average molecular weight is 432 g/mol. The van der Waals surface area contributed by atoms with Gasteiger partial charge in [0.15, 0.2) is 5.16 Å². The third-order valence-corrected chi connectivity index (χ3v) is 5.86. The van der Waals surface area contributed by atoms with E-state index < -0.39 is 0 Å². The summed E-state index contributed by atoms with van der Waals surface area (Å²) in [5, 5.41) is 12.2. The number of thioether (sulfide) groups is 1. The van der Waals surface area contributed by atoms with Crippen molar-refractivity contribution in [2.45, 2.75) is 24.7 Å². The van der Waals surface area contributed by atoms with Crippen LogP contribution < -0.4 is 10.9 Å². The number of carbonyl (C=O) groups excluding carboxylic acids is 1. The van der Waals surface area contributed by atoms with Crippen molar-refractivity contribution >= 4 is 23.4 Å². The van der Waals surface area contributed by atoms with Gasteiger partial charge in [0.2, 0.25) is 5.91 Å². The van der Waals surface area contributed by atoms with Crippen LogP contribution in [0.3, 0.4) is 0 Å². The van der Waals surface area contributed by atoms with Gasteiger partial charge in [0.25, 0.3) is 5.56 Å². The third-order valence-electron chi connectivity index (χ3n) is 4.99. The molecular formula is C23H21N5O2S. The van der Waals surface area contributed by atoms with Gasteiger partial charge in [-0.25, -0.2) is 4.98 Å². The number of anilines is 1. The SMILES string of the molecule is N#Cc1cccc(NC(=O)CSc2nc3c(c(=O)[nH]2)CN(Cc2ccccc2)CC3)c1. The average Bonchev–Trinajstić information content (AvgIpc) is 2.79. The molecule has 2 N–H and O–H groups in total. The van der Waals surface area contributed by atoms with Crippen LogP contribution in [0.1, 0.15) is 22.4 Å². The molecule has 4 rings (SSSR count). The zero-order valence-electron chi connectivity index (χ0n) is 16.8. The van der Waals surface area contributed by atoms with Crippen molar-refractivity contribution in [3.05, 3.63) is 87.3 Å². The summed E-state index contributed by atoms with van der Waals surface area (Å²) in [4.78, 5) is 34.5. The number of rotatable bonds is 6. The number of aromatic amines is 1. The molecule has 0 saturated heterocycles. The van der Waals surface area contributed by atoms with E-state index in [1.807, 2.05) is 24.3 Å². The lowest BCUT2D eigenvalue weighted by molar-refractivity contribution is -0.113. The third kappa shape index (κ3) is 5.40. The zero-order chi connectivity index (χ0) is 21.6. The summed E-state index contributed by atoms with van der Waals surface area (Å²) in [5.41, 5.74) is 3.62. The molecule has 2 aromatic carbocycles. The summed E-state index contributed by atoms with van der Waals surface area (Å²) >= 11 is 1.19. The predicted molar refractivity (Wildman–Crippen MR) is 120 cm³/mol. The number of hydrogen-bond acceptors (Lipinski definition) is 6. The molecule has 3 aromatic rings. The summed E-state index contributed by atoms with van der Waals surface area (Å²) in [6, 6.07) is 19.0. The first-order valence-corrected chi connectivity index (χ1v) is 10.9. The Labute approximate surface area is 184 Å². The van der Waals surface area contributed by atoms with Crippen LogP contribution in [0.5, 0.6) is 0 Å². The Morgan fingerprint density at radius 3 is 2.87 bits per heavy atom. The van der Waals surface area contributed by atoms with Crippen molar-refractivity contribution in [2.24, 2.45) is 0 Å². The number of nitrogens with one attached hydrogen (secondary N) is 2. The van der Waals surface area contributed by atoms with Crippen LogP contribution in [0.25, 0.3) is 0 Å². The van der Waals surface area contributed by atoms with Crippen LogP contribution in [-0.2, 0) is 24.3 Å². The van der Waals surface area contributed by atoms with E-state index >= 15 is 0 Å². The van der Waals surface area contributed by atoms with Gasteiger partial charge in [-0.1, -0.05) is 48.2 Å². The molecule has 8 heteroatoms. The second-order valence-electron chi connectivity index (χ2n) is 7.27. The number of amides is 1. The molecule has 156 valence electrons. The standard InChI is InChI=1S/C23H21N5O2S/c24-12-17-7-4-8-18(11-17)25-21(29)15-31-23-26-20-9-10-28(14-19(20)22(30)27-23)13-16-5-2-1-3-6-16/h1-8,11H,9-10,13-15H2,(H,25,29)(H,26,27,30). The second-order valence-corrected chi connectivity index (χ2v) is 8.24. The molecule has 0 bridgehead atoms. The van der Waals surface area contributed by atoms with Gasteiger partial charge in [0.05, 0.1) is 28.6 Å². The maximum Gasteiger partial charge on any atom is 0.256 e. The highest BCUT2D eigenvalue weighted by molar-refractivity contribution is 7.99. The summed E-state index contributed by atoms with van der Waals surface area (Å²) < 4.78 is 0. The Hall–Kier alpha value is -3.41. The van der Waals surface area contributed by atoms with E-state index in [-0.39, 0.29) is 17.2 Å². The Balaban J connectivity index is 1.37. The highest BCUT2D eigenvalue weighted by atomic mass is 32.2. The van der Waals surface area contributed by atoms with E-state index in [4.69, 9.17) is 5.26 Å². The van der Waals surface area contributed by atoms with Crippen molar-refractivity contribution in [3.8, 4) is 6.07 Å². The molecular weight excluding hydrogens is 410 g/mol. The van der Waals surface area contributed by atoms with Crippen molar-refractivity contribution in [3.63, 3.8) is 0 Å². The first-order valence-electron chi connectivity index (χ1n) is 9.92. The molecule has 1 aromatic heterocycles. The summed E-state index contributed by atoms with van der Waals surface area (Å²) in [5.74, 6) is -0.118. The fourth-order valence-electron chi connectivity index (χ4n) is 3.50. The van der Waals surface area contributed by atoms with Crippen molar-refractivity contribution in [1.82, 2.24) is 14.9 Å². The quantitative estimate of drug-likeness (QED) is 0.460. The second kappa shape index (κ2) is 9.60. The number of nitrogens with zero attached hydrogens (tertiary/aromatic N) is 3. The molecule has 1 amide bonds. The van der Waals surface area contributed by atoms with Crippen LogP contribution in [0.2, 0.25) is 0 Å². The van der Waals surface area contributed by atoms with E-state index in [2.05, 4.69) is 32.3 Å². The van der Waals surface area contributed by atoms with Gasteiger partial charge in [-0.2, -0.15) is 5.26 Å². The molecule has 0 saturated carbocycles. The summed E-state index contributed by atoms with van der Waals surface area (Å²) in [7, 11) is 0. The van der Waals surface area contributed by atoms with Gasteiger partial charge < -0.3 is 10.3 Å². The van der Waals surface area contributed by atoms with E-state index in [0.717, 1.165) is 18.8 Å². The molecule has 1 aliphatic rings. The summed E-state index contributed by atoms with van der Waals surface area (Å²) in [6.07, 6.45) is 0.701. The largest absolute Gasteiger partial charge is 0.325 e. The normalized spacial score (nSPS) is 13.3. The monoisotopic (exact) mass is 431 g/mol. The first-order chi connectivity index (χ1) is 15.1. The van der Waals surface area contributed by atoms with Crippen molar-refractivity contribution in [2.75, 3.05) is 17.6 Å². The van der Waals surface area contributed by atoms with Gasteiger partial charge in [-0.15, -0.1) is 0 Å². The Bertz CT molecular complexity index is 1190. The number of hydrogen-bond donors (Lipinski definition) is 2.